The van der Waals surface area contributed by atoms with E-state index in [1.807, 2.05) is 0 Å². The first-order chi connectivity index (χ1) is 25.3. The van der Waals surface area contributed by atoms with Crippen molar-refractivity contribution >= 4 is 65.4 Å². The van der Waals surface area contributed by atoms with Crippen LogP contribution >= 0.6 is 0 Å². The molecule has 0 aliphatic carbocycles. The Labute approximate surface area is 294 Å². The molecule has 0 radical (unpaired) electrons. The van der Waals surface area contributed by atoms with E-state index in [4.69, 9.17) is 0 Å². The molecule has 0 aliphatic rings. The van der Waals surface area contributed by atoms with Gasteiger partial charge in [0.05, 0.1) is 33.1 Å². The Hall–Kier alpha value is -6.84. The van der Waals surface area contributed by atoms with Crippen molar-refractivity contribution in [1.82, 2.24) is 13.7 Å². The van der Waals surface area contributed by atoms with Crippen LogP contribution in [-0.2, 0) is 0 Å². The van der Waals surface area contributed by atoms with Gasteiger partial charge in [0.15, 0.2) is 0 Å². The van der Waals surface area contributed by atoms with Gasteiger partial charge >= 0.3 is 0 Å². The Morgan fingerprint density at radius 3 is 1.18 bits per heavy atom. The van der Waals surface area contributed by atoms with Gasteiger partial charge in [-0.2, -0.15) is 0 Å². The highest BCUT2D eigenvalue weighted by Crippen LogP contribution is 2.44. The van der Waals surface area contributed by atoms with E-state index in [0.717, 1.165) is 17.1 Å². The molecule has 0 fully saturated rings. The van der Waals surface area contributed by atoms with Gasteiger partial charge in [-0.05, 0) is 60.7 Å². The number of hydrogen-bond acceptors (Lipinski definition) is 0. The lowest BCUT2D eigenvalue weighted by Gasteiger charge is -2.15. The third-order valence-corrected chi connectivity index (χ3v) is 10.6. The number of fused-ring (bicyclic) bond motifs is 9. The van der Waals surface area contributed by atoms with E-state index in [9.17, 15) is 0 Å². The van der Waals surface area contributed by atoms with E-state index in [0.29, 0.717) is 0 Å². The topological polar surface area (TPSA) is 14.8 Å². The summed E-state index contributed by atoms with van der Waals surface area (Å²) >= 11 is 0. The molecule has 0 bridgehead atoms. The standard InChI is InChI=1S/C48H31N3/c1-3-15-32(16-4-1)49-43-26-10-9-21-37(43)42-31-34(29-30-46(42)49)51-45-28-12-8-20-36(45)39-23-14-25-41(48(39)51)40-24-13-22-38-35-19-7-11-27-44(35)50(47(38)40)33-17-5-2-6-18-33/h1-31H. The predicted molar refractivity (Wildman–Crippen MR) is 215 cm³/mol. The zero-order chi connectivity index (χ0) is 33.5. The summed E-state index contributed by atoms with van der Waals surface area (Å²) < 4.78 is 7.31. The van der Waals surface area contributed by atoms with Crippen molar-refractivity contribution < 1.29 is 0 Å². The quantitative estimate of drug-likeness (QED) is 0.180. The average Bonchev–Trinajstić information content (AvgIpc) is 3.84. The molecule has 3 aromatic heterocycles. The minimum absolute atomic E-state index is 1.15. The second-order valence-corrected chi connectivity index (χ2v) is 13.3. The van der Waals surface area contributed by atoms with Crippen LogP contribution in [-0.4, -0.2) is 13.7 Å². The highest BCUT2D eigenvalue weighted by Gasteiger charge is 2.22. The fourth-order valence-corrected chi connectivity index (χ4v) is 8.54. The zero-order valence-electron chi connectivity index (χ0n) is 27.7. The highest BCUT2D eigenvalue weighted by atomic mass is 15.0. The number of para-hydroxylation sites is 7. The number of aromatic nitrogens is 3. The molecule has 11 aromatic rings. The predicted octanol–water partition coefficient (Wildman–Crippen LogP) is 12.6. The molecule has 238 valence electrons. The maximum atomic E-state index is 2.49. The van der Waals surface area contributed by atoms with Crippen LogP contribution in [0.5, 0.6) is 0 Å². The van der Waals surface area contributed by atoms with E-state index < -0.39 is 0 Å². The van der Waals surface area contributed by atoms with Crippen molar-refractivity contribution in [2.24, 2.45) is 0 Å². The molecule has 8 aromatic carbocycles. The third-order valence-electron chi connectivity index (χ3n) is 10.6. The lowest BCUT2D eigenvalue weighted by atomic mass is 9.99. The van der Waals surface area contributed by atoms with Gasteiger partial charge in [-0.3, -0.25) is 0 Å². The Kier molecular flexibility index (Phi) is 5.96. The van der Waals surface area contributed by atoms with E-state index >= 15 is 0 Å². The summed E-state index contributed by atoms with van der Waals surface area (Å²) in [4.78, 5) is 0. The van der Waals surface area contributed by atoms with Gasteiger partial charge in [0.2, 0.25) is 0 Å². The summed E-state index contributed by atoms with van der Waals surface area (Å²) in [5.74, 6) is 0. The molecule has 3 heteroatoms. The monoisotopic (exact) mass is 649 g/mol. The molecule has 3 heterocycles. The summed E-state index contributed by atoms with van der Waals surface area (Å²) in [5.41, 5.74) is 13.1. The smallest absolute Gasteiger partial charge is 0.0620 e. The van der Waals surface area contributed by atoms with Crippen LogP contribution in [0.1, 0.15) is 0 Å². The molecular weight excluding hydrogens is 619 g/mol. The maximum Gasteiger partial charge on any atom is 0.0620 e. The van der Waals surface area contributed by atoms with Crippen LogP contribution in [0.25, 0.3) is 93.6 Å². The number of hydrogen-bond donors (Lipinski definition) is 0. The molecule has 0 saturated heterocycles. The van der Waals surface area contributed by atoms with Crippen LogP contribution in [0, 0.1) is 0 Å². The first-order valence-electron chi connectivity index (χ1n) is 17.5. The van der Waals surface area contributed by atoms with Crippen LogP contribution in [0.4, 0.5) is 0 Å². The summed E-state index contributed by atoms with van der Waals surface area (Å²) in [6.45, 7) is 0. The van der Waals surface area contributed by atoms with Gasteiger partial charge in [-0.1, -0.05) is 127 Å². The molecule has 0 aliphatic heterocycles. The zero-order valence-corrected chi connectivity index (χ0v) is 27.7. The van der Waals surface area contributed by atoms with Crippen LogP contribution in [0.15, 0.2) is 188 Å². The first-order valence-corrected chi connectivity index (χ1v) is 17.5. The van der Waals surface area contributed by atoms with Crippen molar-refractivity contribution in [3.05, 3.63) is 188 Å². The van der Waals surface area contributed by atoms with Gasteiger partial charge in [-0.15, -0.1) is 0 Å². The Bertz CT molecular complexity index is 3120. The molecule has 3 nitrogen and oxygen atoms in total. The molecule has 0 amide bonds. The minimum Gasteiger partial charge on any atom is -0.309 e. The molecule has 0 saturated carbocycles. The second kappa shape index (κ2) is 10.8. The van der Waals surface area contributed by atoms with Crippen molar-refractivity contribution in [3.63, 3.8) is 0 Å². The molecule has 0 N–H and O–H groups in total. The van der Waals surface area contributed by atoms with Gasteiger partial charge < -0.3 is 13.7 Å². The van der Waals surface area contributed by atoms with Crippen molar-refractivity contribution in [2.75, 3.05) is 0 Å². The Balaban J connectivity index is 1.25. The van der Waals surface area contributed by atoms with Crippen LogP contribution in [0.2, 0.25) is 0 Å². The molecule has 0 unspecified atom stereocenters. The van der Waals surface area contributed by atoms with Crippen molar-refractivity contribution in [1.29, 1.82) is 0 Å². The van der Waals surface area contributed by atoms with Crippen LogP contribution < -0.4 is 0 Å². The van der Waals surface area contributed by atoms with Gasteiger partial charge in [0.1, 0.15) is 0 Å². The van der Waals surface area contributed by atoms with Crippen LogP contribution in [0.3, 0.4) is 0 Å². The van der Waals surface area contributed by atoms with Crippen molar-refractivity contribution in [3.8, 4) is 28.2 Å². The Morgan fingerprint density at radius 2 is 0.627 bits per heavy atom. The summed E-state index contributed by atoms with van der Waals surface area (Å²) in [5, 5.41) is 7.48. The lowest BCUT2D eigenvalue weighted by Crippen LogP contribution is -1.98. The minimum atomic E-state index is 1.15. The van der Waals surface area contributed by atoms with E-state index in [-0.39, 0.29) is 0 Å². The van der Waals surface area contributed by atoms with E-state index in [1.165, 1.54) is 76.5 Å². The Morgan fingerprint density at radius 1 is 0.235 bits per heavy atom. The van der Waals surface area contributed by atoms with E-state index in [1.54, 1.807) is 0 Å². The summed E-state index contributed by atoms with van der Waals surface area (Å²) in [7, 11) is 0. The molecule has 0 atom stereocenters. The average molecular weight is 650 g/mol. The summed E-state index contributed by atoms with van der Waals surface area (Å²) in [6.07, 6.45) is 0. The lowest BCUT2D eigenvalue weighted by molar-refractivity contribution is 1.16. The third kappa shape index (κ3) is 4.00. The molecular formula is C48H31N3. The molecule has 11 rings (SSSR count). The molecule has 0 spiro atoms. The SMILES string of the molecule is c1ccc(-n2c3ccccc3c3cc(-n4c5ccccc5c5cccc(-c6cccc7c8ccccc8n(-c8ccccc8)c67)c54)ccc32)cc1. The fourth-order valence-electron chi connectivity index (χ4n) is 8.54. The molecule has 51 heavy (non-hydrogen) atoms. The number of benzene rings is 8. The maximum absolute atomic E-state index is 2.49. The van der Waals surface area contributed by atoms with Crippen molar-refractivity contribution in [2.45, 2.75) is 0 Å². The second-order valence-electron chi connectivity index (χ2n) is 13.3. The van der Waals surface area contributed by atoms with Gasteiger partial charge in [0.25, 0.3) is 0 Å². The van der Waals surface area contributed by atoms with E-state index in [2.05, 4.69) is 202 Å². The van der Waals surface area contributed by atoms with Gasteiger partial charge in [0, 0.05) is 60.5 Å². The number of rotatable bonds is 4. The first kappa shape index (κ1) is 28.0. The van der Waals surface area contributed by atoms with Gasteiger partial charge in [-0.25, -0.2) is 0 Å². The largest absolute Gasteiger partial charge is 0.309 e. The normalized spacial score (nSPS) is 11.9. The fraction of sp³-hybridized carbons (Fsp3) is 0. The number of nitrogens with zero attached hydrogens (tertiary/aromatic N) is 3. The summed E-state index contributed by atoms with van der Waals surface area (Å²) in [6, 6.07) is 68.4. The highest BCUT2D eigenvalue weighted by molar-refractivity contribution is 6.19.